The van der Waals surface area contributed by atoms with E-state index in [2.05, 4.69) is 64.8 Å². The molecule has 2 aromatic rings. The zero-order valence-corrected chi connectivity index (χ0v) is 8.80. The number of pyridine rings is 2. The first-order valence-electron chi connectivity index (χ1n) is 5.35. The molecule has 0 N–H and O–H groups in total. The van der Waals surface area contributed by atoms with Crippen molar-refractivity contribution in [1.82, 2.24) is 0 Å². The highest BCUT2D eigenvalue weighted by atomic mass is 15.1. The highest BCUT2D eigenvalue weighted by Crippen LogP contribution is 2.16. The van der Waals surface area contributed by atoms with Crippen LogP contribution in [0.25, 0.3) is 11.4 Å². The summed E-state index contributed by atoms with van der Waals surface area (Å²) in [7, 11) is 0. The van der Waals surface area contributed by atoms with Crippen LogP contribution in [0.2, 0.25) is 0 Å². The number of nitrogens with zero attached hydrogens (tertiary/aromatic N) is 2. The lowest BCUT2D eigenvalue weighted by Crippen LogP contribution is -2.55. The third kappa shape index (κ3) is 1.25. The van der Waals surface area contributed by atoms with Gasteiger partial charge in [0.25, 0.3) is 11.4 Å². The fourth-order valence-electron chi connectivity index (χ4n) is 2.30. The molecule has 0 aliphatic carbocycles. The molecule has 0 bridgehead atoms. The van der Waals surface area contributed by atoms with Gasteiger partial charge in [0.1, 0.15) is 0 Å². The maximum Gasteiger partial charge on any atom is 0.277 e. The van der Waals surface area contributed by atoms with Crippen LogP contribution in [-0.4, -0.2) is 0 Å². The van der Waals surface area contributed by atoms with Crippen LogP contribution in [0.4, 0.5) is 0 Å². The van der Waals surface area contributed by atoms with Crippen molar-refractivity contribution in [3.8, 4) is 11.4 Å². The molecule has 1 unspecified atom stereocenters. The van der Waals surface area contributed by atoms with Crippen LogP contribution in [0.3, 0.4) is 0 Å². The Balaban J connectivity index is 2.30. The van der Waals surface area contributed by atoms with Gasteiger partial charge in [0, 0.05) is 31.2 Å². The summed E-state index contributed by atoms with van der Waals surface area (Å²) in [6.45, 7) is 3.31. The van der Waals surface area contributed by atoms with Gasteiger partial charge in [0.2, 0.25) is 12.6 Å². The Morgan fingerprint density at radius 3 is 2.60 bits per heavy atom. The van der Waals surface area contributed by atoms with Crippen LogP contribution in [0.5, 0.6) is 0 Å². The lowest BCUT2D eigenvalue weighted by atomic mass is 10.1. The molecule has 0 fully saturated rings. The molecule has 0 aromatic carbocycles. The molecule has 2 heteroatoms. The number of rotatable bonds is 0. The fraction of sp³-hybridized carbons (Fsp3) is 0.231. The van der Waals surface area contributed by atoms with Crippen LogP contribution in [0.1, 0.15) is 13.0 Å². The molecule has 0 radical (unpaired) electrons. The van der Waals surface area contributed by atoms with Gasteiger partial charge in [-0.25, -0.2) is 0 Å². The normalized spacial score (nSPS) is 18.1. The second-order valence-electron chi connectivity index (χ2n) is 4.08. The number of fused-ring (bicyclic) bond motifs is 3. The second-order valence-corrected chi connectivity index (χ2v) is 4.08. The van der Waals surface area contributed by atoms with Gasteiger partial charge in [0.05, 0.1) is 0 Å². The zero-order valence-electron chi connectivity index (χ0n) is 8.80. The van der Waals surface area contributed by atoms with Gasteiger partial charge in [-0.15, -0.1) is 0 Å². The molecule has 0 saturated carbocycles. The van der Waals surface area contributed by atoms with E-state index in [0.717, 1.165) is 6.54 Å². The average molecular weight is 198 g/mol. The largest absolute Gasteiger partial charge is 0.277 e. The second kappa shape index (κ2) is 3.16. The first-order valence-corrected chi connectivity index (χ1v) is 5.35. The first-order chi connectivity index (χ1) is 7.36. The molecule has 0 amide bonds. The Morgan fingerprint density at radius 2 is 1.73 bits per heavy atom. The number of hydrogen-bond donors (Lipinski definition) is 0. The van der Waals surface area contributed by atoms with Crippen molar-refractivity contribution in [2.75, 3.05) is 0 Å². The quantitative estimate of drug-likeness (QED) is 0.567. The molecule has 1 aliphatic heterocycles. The number of aromatic nitrogens is 2. The highest BCUT2D eigenvalue weighted by Gasteiger charge is 2.33. The summed E-state index contributed by atoms with van der Waals surface area (Å²) < 4.78 is 4.66. The van der Waals surface area contributed by atoms with E-state index in [4.69, 9.17) is 0 Å². The summed E-state index contributed by atoms with van der Waals surface area (Å²) in [6.07, 6.45) is 4.32. The van der Waals surface area contributed by atoms with E-state index >= 15 is 0 Å². The lowest BCUT2D eigenvalue weighted by Gasteiger charge is -2.13. The summed E-state index contributed by atoms with van der Waals surface area (Å²) in [5.74, 6) is 0. The van der Waals surface area contributed by atoms with Gasteiger partial charge < -0.3 is 0 Å². The Kier molecular flexibility index (Phi) is 1.81. The third-order valence-corrected chi connectivity index (χ3v) is 3.03. The molecule has 2 nitrogen and oxygen atoms in total. The van der Waals surface area contributed by atoms with Gasteiger partial charge in [0.15, 0.2) is 12.4 Å². The van der Waals surface area contributed by atoms with Crippen molar-refractivity contribution in [2.24, 2.45) is 0 Å². The first kappa shape index (κ1) is 8.60. The minimum Gasteiger partial charge on any atom is -0.186 e. The molecular formula is C13H14N2+2. The molecule has 1 aliphatic rings. The number of hydrogen-bond acceptors (Lipinski definition) is 0. The maximum absolute atomic E-state index is 2.34. The van der Waals surface area contributed by atoms with Gasteiger partial charge in [-0.3, -0.25) is 0 Å². The predicted octanol–water partition coefficient (Wildman–Crippen LogP) is 1.50. The average Bonchev–Trinajstić information content (AvgIpc) is 2.30. The smallest absolute Gasteiger partial charge is 0.186 e. The summed E-state index contributed by atoms with van der Waals surface area (Å²) in [5.41, 5.74) is 2.60. The van der Waals surface area contributed by atoms with E-state index in [9.17, 15) is 0 Å². The summed E-state index contributed by atoms with van der Waals surface area (Å²) in [5, 5.41) is 0. The molecule has 2 aromatic heterocycles. The fourth-order valence-corrected chi connectivity index (χ4v) is 2.30. The Morgan fingerprint density at radius 1 is 1.00 bits per heavy atom. The van der Waals surface area contributed by atoms with Crippen LogP contribution in [-0.2, 0) is 6.54 Å². The standard InChI is InChI=1S/C13H14N2/c1-11-10-14-8-4-2-6-12(14)13-7-3-5-9-15(11)13/h2-9,11H,10H2,1H3/q+2. The lowest BCUT2D eigenvalue weighted by molar-refractivity contribution is -0.811. The molecule has 74 valence electrons. The van der Waals surface area contributed by atoms with E-state index < -0.39 is 0 Å². The molecule has 0 saturated heterocycles. The van der Waals surface area contributed by atoms with Crippen molar-refractivity contribution in [3.05, 3.63) is 48.8 Å². The van der Waals surface area contributed by atoms with E-state index in [1.165, 1.54) is 11.4 Å². The SMILES string of the molecule is CC1C[n+]2ccccc2-c2cccc[n+]21. The minimum atomic E-state index is 0.529. The van der Waals surface area contributed by atoms with E-state index in [1.807, 2.05) is 0 Å². The van der Waals surface area contributed by atoms with Gasteiger partial charge >= 0.3 is 0 Å². The third-order valence-electron chi connectivity index (χ3n) is 3.03. The van der Waals surface area contributed by atoms with Crippen LogP contribution in [0, 0.1) is 0 Å². The van der Waals surface area contributed by atoms with Gasteiger partial charge in [-0.2, -0.15) is 9.13 Å². The summed E-state index contributed by atoms with van der Waals surface area (Å²) >= 11 is 0. The maximum atomic E-state index is 2.34. The van der Waals surface area contributed by atoms with E-state index in [1.54, 1.807) is 0 Å². The zero-order chi connectivity index (χ0) is 10.3. The highest BCUT2D eigenvalue weighted by molar-refractivity contribution is 5.46. The molecule has 0 spiro atoms. The molecule has 3 heterocycles. The van der Waals surface area contributed by atoms with Crippen molar-refractivity contribution in [1.29, 1.82) is 0 Å². The predicted molar refractivity (Wildman–Crippen MR) is 57.0 cm³/mol. The molecule has 3 rings (SSSR count). The topological polar surface area (TPSA) is 7.76 Å². The van der Waals surface area contributed by atoms with E-state index in [-0.39, 0.29) is 0 Å². The summed E-state index contributed by atoms with van der Waals surface area (Å²) in [6, 6.07) is 13.3. The van der Waals surface area contributed by atoms with Crippen LogP contribution in [0.15, 0.2) is 48.8 Å². The summed E-state index contributed by atoms with van der Waals surface area (Å²) in [4.78, 5) is 0. The van der Waals surface area contributed by atoms with Gasteiger partial charge in [-0.05, 0) is 12.1 Å². The van der Waals surface area contributed by atoms with Crippen LogP contribution < -0.4 is 9.13 Å². The van der Waals surface area contributed by atoms with Crippen LogP contribution >= 0.6 is 0 Å². The molecule has 1 atom stereocenters. The van der Waals surface area contributed by atoms with Crippen molar-refractivity contribution >= 4 is 0 Å². The minimum absolute atomic E-state index is 0.529. The van der Waals surface area contributed by atoms with Gasteiger partial charge in [-0.1, -0.05) is 0 Å². The van der Waals surface area contributed by atoms with Crippen molar-refractivity contribution in [2.45, 2.75) is 19.5 Å². The molecule has 15 heavy (non-hydrogen) atoms. The monoisotopic (exact) mass is 198 g/mol. The van der Waals surface area contributed by atoms with Crippen molar-refractivity contribution < 1.29 is 9.13 Å². The van der Waals surface area contributed by atoms with E-state index in [0.29, 0.717) is 6.04 Å². The Hall–Kier alpha value is -1.70. The molecular weight excluding hydrogens is 184 g/mol. The Bertz CT molecular complexity index is 505. The van der Waals surface area contributed by atoms with Crippen molar-refractivity contribution in [3.63, 3.8) is 0 Å². The Labute approximate surface area is 89.4 Å².